The van der Waals surface area contributed by atoms with E-state index in [0.717, 1.165) is 38.4 Å². The van der Waals surface area contributed by atoms with Crippen LogP contribution in [-0.4, -0.2) is 41.7 Å². The molecule has 1 saturated heterocycles. The second-order valence-electron chi connectivity index (χ2n) is 11.1. The van der Waals surface area contributed by atoms with Gasteiger partial charge in [-0.3, -0.25) is 0 Å². The lowest BCUT2D eigenvalue weighted by Crippen LogP contribution is -2.41. The van der Waals surface area contributed by atoms with Crippen LogP contribution in [0.2, 0.25) is 0 Å². The van der Waals surface area contributed by atoms with Gasteiger partial charge in [-0.2, -0.15) is 4.98 Å². The van der Waals surface area contributed by atoms with Gasteiger partial charge in [-0.25, -0.2) is 4.98 Å². The molecule has 1 aliphatic heterocycles. The van der Waals surface area contributed by atoms with Crippen LogP contribution in [-0.2, 0) is 12.8 Å². The Morgan fingerprint density at radius 2 is 1.44 bits per heavy atom. The van der Waals surface area contributed by atoms with Gasteiger partial charge in [0.15, 0.2) is 0 Å². The molecule has 2 aliphatic carbocycles. The Bertz CT molecular complexity index is 713. The van der Waals surface area contributed by atoms with Crippen LogP contribution in [0.15, 0.2) is 0 Å². The minimum absolute atomic E-state index is 0.463. The largest absolute Gasteiger partial charge is 0.356 e. The van der Waals surface area contributed by atoms with Gasteiger partial charge < -0.3 is 15.5 Å². The highest BCUT2D eigenvalue weighted by molar-refractivity contribution is 5.54. The molecule has 2 N–H and O–H groups in total. The molecular formula is C29H51N5. The molecule has 2 fully saturated rings. The molecule has 5 nitrogen and oxygen atoms in total. The fourth-order valence-corrected chi connectivity index (χ4v) is 6.27. The molecular weight excluding hydrogens is 418 g/mol. The number of nitrogens with one attached hydrogen (secondary N) is 2. The van der Waals surface area contributed by atoms with Crippen LogP contribution in [0, 0.1) is 0 Å². The Morgan fingerprint density at radius 3 is 2.26 bits per heavy atom. The van der Waals surface area contributed by atoms with Crippen molar-refractivity contribution in [3.63, 3.8) is 0 Å². The summed E-state index contributed by atoms with van der Waals surface area (Å²) in [6.45, 7) is 5.77. The second kappa shape index (κ2) is 14.3. The van der Waals surface area contributed by atoms with E-state index in [-0.39, 0.29) is 0 Å². The molecule has 2 atom stereocenters. The van der Waals surface area contributed by atoms with Gasteiger partial charge in [-0.05, 0) is 70.8 Å². The normalized spacial score (nSPS) is 23.4. The van der Waals surface area contributed by atoms with Crippen molar-refractivity contribution >= 4 is 11.8 Å². The molecule has 4 rings (SSSR count). The van der Waals surface area contributed by atoms with E-state index in [1.165, 1.54) is 126 Å². The van der Waals surface area contributed by atoms with E-state index in [4.69, 9.17) is 9.97 Å². The summed E-state index contributed by atoms with van der Waals surface area (Å²) in [5, 5.41) is 7.70. The molecule has 0 bridgehead atoms. The van der Waals surface area contributed by atoms with Crippen molar-refractivity contribution in [1.82, 2.24) is 15.3 Å². The first-order valence-electron chi connectivity index (χ1n) is 15.0. The van der Waals surface area contributed by atoms with Crippen LogP contribution < -0.4 is 15.5 Å². The van der Waals surface area contributed by atoms with Crippen molar-refractivity contribution in [1.29, 1.82) is 0 Å². The quantitative estimate of drug-likeness (QED) is 0.260. The van der Waals surface area contributed by atoms with E-state index in [1.807, 2.05) is 0 Å². The number of rotatable bonds is 12. The van der Waals surface area contributed by atoms with Gasteiger partial charge in [-0.1, -0.05) is 64.7 Å². The Hall–Kier alpha value is -1.36. The van der Waals surface area contributed by atoms with Gasteiger partial charge in [-0.15, -0.1) is 0 Å². The summed E-state index contributed by atoms with van der Waals surface area (Å²) in [6, 6.07) is 1.02. The molecule has 1 aromatic rings. The zero-order chi connectivity index (χ0) is 23.4. The third kappa shape index (κ3) is 7.57. The predicted molar refractivity (Wildman–Crippen MR) is 145 cm³/mol. The summed E-state index contributed by atoms with van der Waals surface area (Å²) in [4.78, 5) is 12.9. The van der Waals surface area contributed by atoms with E-state index in [2.05, 4.69) is 22.5 Å². The number of aromatic nitrogens is 2. The Kier molecular flexibility index (Phi) is 10.8. The van der Waals surface area contributed by atoms with Crippen LogP contribution in [0.25, 0.3) is 0 Å². The monoisotopic (exact) mass is 469 g/mol. The van der Waals surface area contributed by atoms with Crippen molar-refractivity contribution < 1.29 is 0 Å². The summed E-state index contributed by atoms with van der Waals surface area (Å²) in [5.74, 6) is 2.16. The zero-order valence-corrected chi connectivity index (χ0v) is 22.1. The maximum Gasteiger partial charge on any atom is 0.225 e. The number of hydrogen-bond donors (Lipinski definition) is 2. The van der Waals surface area contributed by atoms with Crippen LogP contribution >= 0.6 is 0 Å². The predicted octanol–water partition coefficient (Wildman–Crippen LogP) is 6.80. The lowest BCUT2D eigenvalue weighted by atomic mass is 10.1. The fraction of sp³-hybridized carbons (Fsp3) is 0.862. The molecule has 0 amide bonds. The Balaban J connectivity index is 1.35. The second-order valence-corrected chi connectivity index (χ2v) is 11.1. The van der Waals surface area contributed by atoms with Gasteiger partial charge in [0, 0.05) is 30.7 Å². The first kappa shape index (κ1) is 25.7. The van der Waals surface area contributed by atoms with Crippen LogP contribution in [0.3, 0.4) is 0 Å². The zero-order valence-electron chi connectivity index (χ0n) is 22.1. The minimum atomic E-state index is 0.463. The van der Waals surface area contributed by atoms with E-state index in [1.54, 1.807) is 0 Å². The van der Waals surface area contributed by atoms with E-state index in [9.17, 15) is 0 Å². The Labute approximate surface area is 209 Å². The average Bonchev–Trinajstić information content (AvgIpc) is 3.04. The van der Waals surface area contributed by atoms with Crippen LogP contribution in [0.1, 0.15) is 127 Å². The fourth-order valence-electron chi connectivity index (χ4n) is 6.27. The topological polar surface area (TPSA) is 53.1 Å². The summed E-state index contributed by atoms with van der Waals surface area (Å²) >= 11 is 0. The molecule has 2 unspecified atom stereocenters. The minimum Gasteiger partial charge on any atom is -0.356 e. The van der Waals surface area contributed by atoms with Gasteiger partial charge in [0.2, 0.25) is 5.95 Å². The van der Waals surface area contributed by atoms with Gasteiger partial charge >= 0.3 is 0 Å². The molecule has 0 aromatic carbocycles. The van der Waals surface area contributed by atoms with Crippen molar-refractivity contribution in [2.45, 2.75) is 141 Å². The van der Waals surface area contributed by atoms with Crippen molar-refractivity contribution in [2.24, 2.45) is 0 Å². The molecule has 0 spiro atoms. The molecule has 192 valence electrons. The summed E-state index contributed by atoms with van der Waals surface area (Å²) in [5.41, 5.74) is 2.80. The maximum atomic E-state index is 5.21. The van der Waals surface area contributed by atoms with E-state index in [0.29, 0.717) is 12.1 Å². The average molecular weight is 470 g/mol. The SMILES string of the molecule is CCCCCCCCCNC1CCCC1Nc1nc2c(c(N3CCCCCC3)n1)CCCCC2. The molecule has 34 heavy (non-hydrogen) atoms. The molecule has 0 radical (unpaired) electrons. The lowest BCUT2D eigenvalue weighted by molar-refractivity contribution is 0.473. The highest BCUT2D eigenvalue weighted by atomic mass is 15.2. The number of unbranched alkanes of at least 4 members (excludes halogenated alkanes) is 6. The third-order valence-corrected chi connectivity index (χ3v) is 8.33. The van der Waals surface area contributed by atoms with Crippen LogP contribution in [0.4, 0.5) is 11.8 Å². The number of fused-ring (bicyclic) bond motifs is 1. The summed E-state index contributed by atoms with van der Waals surface area (Å²) in [6.07, 6.45) is 25.0. The summed E-state index contributed by atoms with van der Waals surface area (Å²) in [7, 11) is 0. The van der Waals surface area contributed by atoms with Gasteiger partial charge in [0.25, 0.3) is 0 Å². The first-order chi connectivity index (χ1) is 16.8. The molecule has 3 aliphatic rings. The standard InChI is InChI=1S/C29H51N5/c1-2-3-4-5-6-7-13-21-30-26-19-16-20-27(26)32-29-31-25-18-12-10-11-17-24(25)28(33-29)34-22-14-8-9-15-23-34/h26-27,30H,2-23H2,1H3,(H,31,32,33). The molecule has 5 heteroatoms. The Morgan fingerprint density at radius 1 is 0.735 bits per heavy atom. The smallest absolute Gasteiger partial charge is 0.225 e. The third-order valence-electron chi connectivity index (χ3n) is 8.33. The number of anilines is 2. The van der Waals surface area contributed by atoms with Crippen LogP contribution in [0.5, 0.6) is 0 Å². The first-order valence-corrected chi connectivity index (χ1v) is 15.0. The van der Waals surface area contributed by atoms with Crippen molar-refractivity contribution in [3.8, 4) is 0 Å². The number of hydrogen-bond acceptors (Lipinski definition) is 5. The van der Waals surface area contributed by atoms with E-state index < -0.39 is 0 Å². The highest BCUT2D eigenvalue weighted by Crippen LogP contribution is 2.31. The van der Waals surface area contributed by atoms with Gasteiger partial charge in [0.1, 0.15) is 5.82 Å². The van der Waals surface area contributed by atoms with Crippen molar-refractivity contribution in [3.05, 3.63) is 11.3 Å². The summed E-state index contributed by atoms with van der Waals surface area (Å²) < 4.78 is 0. The van der Waals surface area contributed by atoms with Gasteiger partial charge in [0.05, 0.1) is 5.69 Å². The molecule has 1 saturated carbocycles. The number of aryl methyl sites for hydroxylation is 1. The van der Waals surface area contributed by atoms with Crippen molar-refractivity contribution in [2.75, 3.05) is 29.9 Å². The number of nitrogens with zero attached hydrogens (tertiary/aromatic N) is 3. The lowest BCUT2D eigenvalue weighted by Gasteiger charge is -2.27. The highest BCUT2D eigenvalue weighted by Gasteiger charge is 2.28. The molecule has 1 aromatic heterocycles. The van der Waals surface area contributed by atoms with E-state index >= 15 is 0 Å². The maximum absolute atomic E-state index is 5.21. The molecule has 2 heterocycles.